The molecular formula is C13H15Br2N3OS. The van der Waals surface area contributed by atoms with Gasteiger partial charge in [0.05, 0.1) is 21.7 Å². The van der Waals surface area contributed by atoms with Gasteiger partial charge in [-0.15, -0.1) is 11.3 Å². The van der Waals surface area contributed by atoms with Crippen LogP contribution in [0.25, 0.3) is 10.7 Å². The molecule has 2 aromatic heterocycles. The molecule has 0 atom stereocenters. The number of nitrogens with zero attached hydrogens (tertiary/aromatic N) is 2. The fourth-order valence-electron chi connectivity index (χ4n) is 1.63. The summed E-state index contributed by atoms with van der Waals surface area (Å²) in [7, 11) is 1.66. The predicted molar refractivity (Wildman–Crippen MR) is 90.2 cm³/mol. The van der Waals surface area contributed by atoms with Crippen molar-refractivity contribution in [1.29, 1.82) is 0 Å². The van der Waals surface area contributed by atoms with Crippen molar-refractivity contribution >= 4 is 49.0 Å². The topological polar surface area (TPSA) is 47.0 Å². The predicted octanol–water partition coefficient (Wildman–Crippen LogP) is 4.70. The van der Waals surface area contributed by atoms with Gasteiger partial charge in [0.15, 0.2) is 5.82 Å². The van der Waals surface area contributed by atoms with E-state index in [-0.39, 0.29) is 0 Å². The second-order valence-electron chi connectivity index (χ2n) is 4.15. The largest absolute Gasteiger partial charge is 0.378 e. The monoisotopic (exact) mass is 419 g/mol. The highest BCUT2D eigenvalue weighted by Gasteiger charge is 2.14. The first-order valence-corrected chi connectivity index (χ1v) is 8.66. The Balaban J connectivity index is 2.43. The van der Waals surface area contributed by atoms with Gasteiger partial charge < -0.3 is 10.1 Å². The van der Waals surface area contributed by atoms with Crippen molar-refractivity contribution in [2.45, 2.75) is 20.0 Å². The minimum Gasteiger partial charge on any atom is -0.378 e. The molecule has 0 unspecified atom stereocenters. The number of thiophene rings is 1. The summed E-state index contributed by atoms with van der Waals surface area (Å²) >= 11 is 8.62. The van der Waals surface area contributed by atoms with Crippen LogP contribution in [0.15, 0.2) is 20.4 Å². The van der Waals surface area contributed by atoms with E-state index in [1.54, 1.807) is 18.4 Å². The molecule has 2 heterocycles. The van der Waals surface area contributed by atoms with E-state index in [4.69, 9.17) is 4.74 Å². The van der Waals surface area contributed by atoms with E-state index in [1.165, 1.54) is 0 Å². The molecule has 0 radical (unpaired) electrons. The minimum atomic E-state index is 0.448. The number of hydrogen-bond donors (Lipinski definition) is 1. The summed E-state index contributed by atoms with van der Waals surface area (Å²) in [5.41, 5.74) is 0.848. The van der Waals surface area contributed by atoms with Gasteiger partial charge in [0, 0.05) is 23.5 Å². The van der Waals surface area contributed by atoms with Gasteiger partial charge in [-0.05, 0) is 44.3 Å². The molecule has 0 aliphatic heterocycles. The smallest absolute Gasteiger partial charge is 0.172 e. The SMILES string of the molecule is CCCNc1nc(-c2cc(Br)cs2)nc(COC)c1Br. The van der Waals surface area contributed by atoms with Crippen LogP contribution in [-0.4, -0.2) is 23.6 Å². The second kappa shape index (κ2) is 7.49. The zero-order valence-corrected chi connectivity index (χ0v) is 15.2. The van der Waals surface area contributed by atoms with Crippen LogP contribution >= 0.6 is 43.2 Å². The van der Waals surface area contributed by atoms with Gasteiger partial charge in [-0.3, -0.25) is 0 Å². The summed E-state index contributed by atoms with van der Waals surface area (Å²) in [4.78, 5) is 10.2. The molecule has 0 aliphatic carbocycles. The molecule has 0 aliphatic rings. The van der Waals surface area contributed by atoms with Gasteiger partial charge in [-0.25, -0.2) is 9.97 Å². The fraction of sp³-hybridized carbons (Fsp3) is 0.385. The highest BCUT2D eigenvalue weighted by atomic mass is 79.9. The van der Waals surface area contributed by atoms with Crippen LogP contribution in [-0.2, 0) is 11.3 Å². The Morgan fingerprint density at radius 1 is 1.35 bits per heavy atom. The number of methoxy groups -OCH3 is 1. The van der Waals surface area contributed by atoms with E-state index >= 15 is 0 Å². The molecule has 0 aromatic carbocycles. The molecule has 2 aromatic rings. The number of hydrogen-bond acceptors (Lipinski definition) is 5. The molecule has 2 rings (SSSR count). The number of nitrogens with one attached hydrogen (secondary N) is 1. The molecule has 0 fully saturated rings. The Kier molecular flexibility index (Phi) is 5.95. The summed E-state index contributed by atoms with van der Waals surface area (Å²) in [5, 5.41) is 5.34. The summed E-state index contributed by atoms with van der Waals surface area (Å²) in [6.07, 6.45) is 1.04. The number of ether oxygens (including phenoxy) is 1. The first-order chi connectivity index (χ1) is 9.65. The van der Waals surface area contributed by atoms with Crippen molar-refractivity contribution < 1.29 is 4.74 Å². The molecule has 20 heavy (non-hydrogen) atoms. The highest BCUT2D eigenvalue weighted by Crippen LogP contribution is 2.32. The standard InChI is InChI=1S/C13H15Br2N3OS/c1-3-4-16-13-11(15)9(6-19-2)17-12(18-13)10-5-8(14)7-20-10/h5,7H,3-4,6H2,1-2H3,(H,16,17,18). The maximum Gasteiger partial charge on any atom is 0.172 e. The molecule has 0 spiro atoms. The van der Waals surface area contributed by atoms with Gasteiger partial charge >= 0.3 is 0 Å². The number of anilines is 1. The second-order valence-corrected chi connectivity index (χ2v) is 6.77. The summed E-state index contributed by atoms with van der Waals surface area (Å²) in [5.74, 6) is 1.53. The van der Waals surface area contributed by atoms with Gasteiger partial charge in [-0.2, -0.15) is 0 Å². The highest BCUT2D eigenvalue weighted by molar-refractivity contribution is 9.11. The van der Waals surface area contributed by atoms with Crippen LogP contribution in [0, 0.1) is 0 Å². The Hall–Kier alpha value is -0.500. The molecule has 4 nitrogen and oxygen atoms in total. The van der Waals surface area contributed by atoms with E-state index < -0.39 is 0 Å². The van der Waals surface area contributed by atoms with Crippen molar-refractivity contribution in [2.24, 2.45) is 0 Å². The van der Waals surface area contributed by atoms with Crippen LogP contribution in [0.2, 0.25) is 0 Å². The quantitative estimate of drug-likeness (QED) is 0.735. The van der Waals surface area contributed by atoms with Crippen molar-refractivity contribution in [1.82, 2.24) is 9.97 Å². The summed E-state index contributed by atoms with van der Waals surface area (Å²) < 4.78 is 7.12. The zero-order chi connectivity index (χ0) is 14.5. The van der Waals surface area contributed by atoms with Crippen LogP contribution in [0.1, 0.15) is 19.0 Å². The summed E-state index contributed by atoms with van der Waals surface area (Å²) in [6, 6.07) is 2.02. The Morgan fingerprint density at radius 3 is 2.75 bits per heavy atom. The number of halogens is 2. The Bertz CT molecular complexity index is 589. The van der Waals surface area contributed by atoms with E-state index in [9.17, 15) is 0 Å². The molecule has 0 amide bonds. The van der Waals surface area contributed by atoms with Crippen molar-refractivity contribution in [2.75, 3.05) is 19.0 Å². The van der Waals surface area contributed by atoms with E-state index in [2.05, 4.69) is 54.1 Å². The van der Waals surface area contributed by atoms with Crippen molar-refractivity contribution in [3.63, 3.8) is 0 Å². The van der Waals surface area contributed by atoms with E-state index in [0.29, 0.717) is 6.61 Å². The summed E-state index contributed by atoms with van der Waals surface area (Å²) in [6.45, 7) is 3.44. The third kappa shape index (κ3) is 3.78. The van der Waals surface area contributed by atoms with Gasteiger partial charge in [0.2, 0.25) is 0 Å². The molecule has 7 heteroatoms. The lowest BCUT2D eigenvalue weighted by molar-refractivity contribution is 0.181. The van der Waals surface area contributed by atoms with Gasteiger partial charge in [-0.1, -0.05) is 6.92 Å². The fourth-order valence-corrected chi connectivity index (χ4v) is 3.42. The van der Waals surface area contributed by atoms with Gasteiger partial charge in [0.1, 0.15) is 5.82 Å². The molecule has 0 bridgehead atoms. The molecule has 1 N–H and O–H groups in total. The van der Waals surface area contributed by atoms with Crippen LogP contribution in [0.5, 0.6) is 0 Å². The third-order valence-electron chi connectivity index (χ3n) is 2.53. The molecule has 108 valence electrons. The van der Waals surface area contributed by atoms with Crippen LogP contribution < -0.4 is 5.32 Å². The first-order valence-electron chi connectivity index (χ1n) is 6.19. The van der Waals surface area contributed by atoms with Gasteiger partial charge in [0.25, 0.3) is 0 Å². The third-order valence-corrected chi connectivity index (χ3v) is 5.05. The molecule has 0 saturated heterocycles. The lowest BCUT2D eigenvalue weighted by Crippen LogP contribution is -2.07. The Labute approximate surface area is 139 Å². The van der Waals surface area contributed by atoms with Crippen LogP contribution in [0.3, 0.4) is 0 Å². The number of aromatic nitrogens is 2. The number of rotatable bonds is 6. The maximum absolute atomic E-state index is 5.21. The van der Waals surface area contributed by atoms with Crippen LogP contribution in [0.4, 0.5) is 5.82 Å². The van der Waals surface area contributed by atoms with Crippen molar-refractivity contribution in [3.05, 3.63) is 26.1 Å². The average Bonchev–Trinajstić information content (AvgIpc) is 2.86. The minimum absolute atomic E-state index is 0.448. The molecule has 0 saturated carbocycles. The van der Waals surface area contributed by atoms with E-state index in [0.717, 1.165) is 44.1 Å². The van der Waals surface area contributed by atoms with Crippen molar-refractivity contribution in [3.8, 4) is 10.7 Å². The zero-order valence-electron chi connectivity index (χ0n) is 11.2. The first kappa shape index (κ1) is 15.9. The Morgan fingerprint density at radius 2 is 2.15 bits per heavy atom. The maximum atomic E-state index is 5.21. The lowest BCUT2D eigenvalue weighted by atomic mass is 10.3. The normalized spacial score (nSPS) is 10.8. The lowest BCUT2D eigenvalue weighted by Gasteiger charge is -2.11. The molecular weight excluding hydrogens is 406 g/mol. The average molecular weight is 421 g/mol. The van der Waals surface area contributed by atoms with E-state index in [1.807, 2.05) is 11.4 Å².